The quantitative estimate of drug-likeness (QED) is 0.107. The average Bonchev–Trinajstić information content (AvgIpc) is 3.11. The first-order valence-corrected chi connectivity index (χ1v) is 16.3. The Morgan fingerprint density at radius 1 is 0.816 bits per heavy atom. The highest BCUT2D eigenvalue weighted by atomic mass is 35.5. The Bertz CT molecular complexity index is 1740. The fourth-order valence-corrected chi connectivity index (χ4v) is 5.71. The molecule has 1 aliphatic heterocycles. The van der Waals surface area contributed by atoms with Crippen LogP contribution in [0.1, 0.15) is 27.8 Å². The van der Waals surface area contributed by atoms with Crippen molar-refractivity contribution in [3.63, 3.8) is 0 Å². The Labute approximate surface area is 289 Å². The largest absolute Gasteiger partial charge is 0.488 e. The zero-order valence-corrected chi connectivity index (χ0v) is 28.0. The molecule has 0 saturated carbocycles. The second kappa shape index (κ2) is 16.6. The Morgan fingerprint density at radius 2 is 1.55 bits per heavy atom. The molecule has 0 radical (unpaired) electrons. The third kappa shape index (κ3) is 9.00. The summed E-state index contributed by atoms with van der Waals surface area (Å²) in [6, 6.07) is 19.9. The van der Waals surface area contributed by atoms with Crippen molar-refractivity contribution in [2.24, 2.45) is 0 Å². The van der Waals surface area contributed by atoms with E-state index in [0.717, 1.165) is 33.6 Å². The molecule has 1 heterocycles. The van der Waals surface area contributed by atoms with Gasteiger partial charge in [-0.3, -0.25) is 0 Å². The van der Waals surface area contributed by atoms with Crippen molar-refractivity contribution in [3.8, 4) is 34.1 Å². The fraction of sp³-hybridized carbons (Fsp3) is 0.351. The molecule has 4 aromatic carbocycles. The first-order chi connectivity index (χ1) is 23.5. The summed E-state index contributed by atoms with van der Waals surface area (Å²) in [6.45, 7) is 4.62. The maximum atomic E-state index is 13.8. The highest BCUT2D eigenvalue weighted by Gasteiger charge is 2.29. The molecule has 0 aromatic heterocycles. The molecule has 6 N–H and O–H groups in total. The van der Waals surface area contributed by atoms with E-state index in [4.69, 9.17) is 35.7 Å². The van der Waals surface area contributed by atoms with Crippen LogP contribution in [0.4, 0.5) is 4.39 Å². The maximum absolute atomic E-state index is 13.8. The molecule has 0 spiro atoms. The van der Waals surface area contributed by atoms with Crippen LogP contribution in [0.25, 0.3) is 11.1 Å². The van der Waals surface area contributed by atoms with Gasteiger partial charge in [-0.1, -0.05) is 41.9 Å². The van der Waals surface area contributed by atoms with E-state index >= 15 is 0 Å². The fourth-order valence-electron chi connectivity index (χ4n) is 5.51. The number of nitrogens with one attached hydrogen (secondary N) is 1. The van der Waals surface area contributed by atoms with Crippen molar-refractivity contribution in [3.05, 3.63) is 105 Å². The highest BCUT2D eigenvalue weighted by Crippen LogP contribution is 2.37. The number of fused-ring (bicyclic) bond motifs is 1. The van der Waals surface area contributed by atoms with Gasteiger partial charge in [0.25, 0.3) is 0 Å². The standard InChI is InChI=1S/C37H41ClFNO9/c1-21-12-26(16-40-17-30(42)36(44)37(45)31(43)18-41)34(48-19-23-6-8-29(39)28(38)13-23)15-33(21)49-20-25-4-3-5-27(22(25)2)24-7-9-32-35(14-24)47-11-10-46-32/h3-9,12-15,30-31,36-37,40-45H,10-11,16-20H2,1-2H3. The molecule has 0 amide bonds. The minimum atomic E-state index is -1.73. The first kappa shape index (κ1) is 36.3. The summed E-state index contributed by atoms with van der Waals surface area (Å²) in [6.07, 6.45) is -6.46. The van der Waals surface area contributed by atoms with E-state index in [1.807, 2.05) is 50.2 Å². The number of halogens is 2. The van der Waals surface area contributed by atoms with Crippen LogP contribution in [0.3, 0.4) is 0 Å². The molecule has 0 fully saturated rings. The molecule has 262 valence electrons. The molecule has 4 unspecified atom stereocenters. The third-order valence-electron chi connectivity index (χ3n) is 8.41. The summed E-state index contributed by atoms with van der Waals surface area (Å²) in [5, 5.41) is 52.1. The van der Waals surface area contributed by atoms with Crippen molar-refractivity contribution in [2.45, 2.75) is 58.0 Å². The van der Waals surface area contributed by atoms with Gasteiger partial charge in [0, 0.05) is 24.7 Å². The van der Waals surface area contributed by atoms with E-state index in [-0.39, 0.29) is 31.3 Å². The molecule has 12 heteroatoms. The van der Waals surface area contributed by atoms with Crippen LogP contribution in [0.2, 0.25) is 5.02 Å². The second-order valence-electron chi connectivity index (χ2n) is 11.9. The summed E-state index contributed by atoms with van der Waals surface area (Å²) in [4.78, 5) is 0. The maximum Gasteiger partial charge on any atom is 0.161 e. The van der Waals surface area contributed by atoms with Gasteiger partial charge >= 0.3 is 0 Å². The highest BCUT2D eigenvalue weighted by molar-refractivity contribution is 6.30. The topological polar surface area (TPSA) is 150 Å². The summed E-state index contributed by atoms with van der Waals surface area (Å²) < 4.78 is 37.7. The normalized spacial score (nSPS) is 15.0. The number of aliphatic hydroxyl groups is 5. The van der Waals surface area contributed by atoms with Gasteiger partial charge < -0.3 is 49.8 Å². The van der Waals surface area contributed by atoms with E-state index in [2.05, 4.69) is 11.4 Å². The predicted octanol–water partition coefficient (Wildman–Crippen LogP) is 4.22. The first-order valence-electron chi connectivity index (χ1n) is 15.9. The van der Waals surface area contributed by atoms with Gasteiger partial charge in [-0.25, -0.2) is 4.39 Å². The summed E-state index contributed by atoms with van der Waals surface area (Å²) in [5.74, 6) is 1.95. The van der Waals surface area contributed by atoms with Gasteiger partial charge in [0.2, 0.25) is 0 Å². The molecule has 10 nitrogen and oxygen atoms in total. The number of aryl methyl sites for hydroxylation is 1. The van der Waals surface area contributed by atoms with Crippen molar-refractivity contribution >= 4 is 11.6 Å². The number of rotatable bonds is 15. The Balaban J connectivity index is 1.33. The lowest BCUT2D eigenvalue weighted by atomic mass is 9.96. The predicted molar refractivity (Wildman–Crippen MR) is 182 cm³/mol. The Hall–Kier alpha value is -3.94. The molecule has 1 aliphatic rings. The zero-order valence-electron chi connectivity index (χ0n) is 27.2. The number of ether oxygens (including phenoxy) is 4. The lowest BCUT2D eigenvalue weighted by Crippen LogP contribution is -2.48. The van der Waals surface area contributed by atoms with E-state index < -0.39 is 36.8 Å². The van der Waals surface area contributed by atoms with Crippen LogP contribution in [0.15, 0.2) is 66.7 Å². The SMILES string of the molecule is Cc1cc(CNCC(O)C(O)C(O)C(O)CO)c(OCc2ccc(F)c(Cl)c2)cc1OCc1cccc(-c2ccc3c(c2)OCCO3)c1C. The van der Waals surface area contributed by atoms with Crippen molar-refractivity contribution in [2.75, 3.05) is 26.4 Å². The number of hydrogen-bond donors (Lipinski definition) is 6. The van der Waals surface area contributed by atoms with Gasteiger partial charge in [-0.2, -0.15) is 0 Å². The number of aliphatic hydroxyl groups excluding tert-OH is 5. The van der Waals surface area contributed by atoms with Gasteiger partial charge in [0.1, 0.15) is 62.1 Å². The summed E-state index contributed by atoms with van der Waals surface area (Å²) in [5.41, 5.74) is 6.26. The monoisotopic (exact) mass is 697 g/mol. The van der Waals surface area contributed by atoms with E-state index in [1.165, 1.54) is 12.1 Å². The van der Waals surface area contributed by atoms with E-state index in [9.17, 15) is 24.8 Å². The number of hydrogen-bond acceptors (Lipinski definition) is 10. The molecule has 0 aliphatic carbocycles. The van der Waals surface area contributed by atoms with Crippen LogP contribution in [-0.2, 0) is 19.8 Å². The zero-order chi connectivity index (χ0) is 35.1. The van der Waals surface area contributed by atoms with Crippen LogP contribution < -0.4 is 24.3 Å². The lowest BCUT2D eigenvalue weighted by molar-refractivity contribution is -0.114. The smallest absolute Gasteiger partial charge is 0.161 e. The molecule has 4 aromatic rings. The van der Waals surface area contributed by atoms with Crippen molar-refractivity contribution in [1.29, 1.82) is 0 Å². The van der Waals surface area contributed by atoms with Gasteiger partial charge in [-0.05, 0) is 77.6 Å². The van der Waals surface area contributed by atoms with Crippen molar-refractivity contribution < 1.29 is 48.9 Å². The van der Waals surface area contributed by atoms with Gasteiger partial charge in [-0.15, -0.1) is 0 Å². The molecule has 0 saturated heterocycles. The number of benzene rings is 4. The molecular weight excluding hydrogens is 657 g/mol. The van der Waals surface area contributed by atoms with Crippen molar-refractivity contribution in [1.82, 2.24) is 5.32 Å². The summed E-state index contributed by atoms with van der Waals surface area (Å²) in [7, 11) is 0. The van der Waals surface area contributed by atoms with Crippen LogP contribution in [0, 0.1) is 19.7 Å². The van der Waals surface area contributed by atoms with Gasteiger partial charge in [0.15, 0.2) is 11.5 Å². The van der Waals surface area contributed by atoms with Crippen LogP contribution in [-0.4, -0.2) is 76.3 Å². The Kier molecular flexibility index (Phi) is 12.3. The minimum Gasteiger partial charge on any atom is -0.488 e. The van der Waals surface area contributed by atoms with E-state index in [0.29, 0.717) is 41.6 Å². The average molecular weight is 698 g/mol. The second-order valence-corrected chi connectivity index (χ2v) is 12.3. The molecule has 0 bridgehead atoms. The van der Waals surface area contributed by atoms with E-state index in [1.54, 1.807) is 12.1 Å². The van der Waals surface area contributed by atoms with Crippen LogP contribution >= 0.6 is 11.6 Å². The molecule has 5 rings (SSSR count). The summed E-state index contributed by atoms with van der Waals surface area (Å²) >= 11 is 5.98. The molecular formula is C37H41ClFNO9. The van der Waals surface area contributed by atoms with Gasteiger partial charge in [0.05, 0.1) is 17.7 Å². The lowest BCUT2D eigenvalue weighted by Gasteiger charge is -2.26. The molecule has 4 atom stereocenters. The van der Waals surface area contributed by atoms with Crippen LogP contribution in [0.5, 0.6) is 23.0 Å². The minimum absolute atomic E-state index is 0.0224. The third-order valence-corrected chi connectivity index (χ3v) is 8.70. The Morgan fingerprint density at radius 3 is 2.31 bits per heavy atom. The molecule has 49 heavy (non-hydrogen) atoms.